The fraction of sp³-hybridized carbons (Fsp3) is 0.562. The van der Waals surface area contributed by atoms with Gasteiger partial charge < -0.3 is 4.90 Å². The Hall–Kier alpha value is -1.49. The molecule has 0 aromatic heterocycles. The first-order chi connectivity index (χ1) is 12.0. The largest absolute Gasteiger partial charge is 0.340 e. The average molecular weight is 404 g/mol. The Kier molecular flexibility index (Phi) is 6.43. The zero-order valence-electron chi connectivity index (χ0n) is 15.2. The highest BCUT2D eigenvalue weighted by molar-refractivity contribution is 7.91. The zero-order valence-corrected chi connectivity index (χ0v) is 16.9. The second kappa shape index (κ2) is 8.03. The van der Waals surface area contributed by atoms with Gasteiger partial charge in [-0.25, -0.2) is 21.6 Å². The molecule has 10 heteroatoms. The molecule has 0 aliphatic carbocycles. The van der Waals surface area contributed by atoms with Crippen LogP contribution >= 0.6 is 0 Å². The van der Waals surface area contributed by atoms with Crippen LogP contribution in [0.25, 0.3) is 0 Å². The first-order valence-electron chi connectivity index (χ1n) is 8.29. The third-order valence-electron chi connectivity index (χ3n) is 4.42. The molecular formula is C16H25N3O5S2. The van der Waals surface area contributed by atoms with Gasteiger partial charge in [0.15, 0.2) is 9.84 Å². The topological polar surface area (TPSA) is 104 Å². The Morgan fingerprint density at radius 2 is 1.73 bits per heavy atom. The van der Waals surface area contributed by atoms with E-state index in [0.29, 0.717) is 38.3 Å². The van der Waals surface area contributed by atoms with Crippen LogP contribution in [0.2, 0.25) is 0 Å². The normalized spacial score (nSPS) is 16.7. The molecule has 1 aliphatic heterocycles. The summed E-state index contributed by atoms with van der Waals surface area (Å²) >= 11 is 0. The highest BCUT2D eigenvalue weighted by Gasteiger charge is 2.21. The van der Waals surface area contributed by atoms with Gasteiger partial charge in [-0.3, -0.25) is 9.69 Å². The summed E-state index contributed by atoms with van der Waals surface area (Å²) in [6.07, 6.45) is 1.04. The molecule has 1 saturated heterocycles. The number of aryl methyl sites for hydroxylation is 1. The van der Waals surface area contributed by atoms with Gasteiger partial charge >= 0.3 is 0 Å². The summed E-state index contributed by atoms with van der Waals surface area (Å²) in [6.45, 7) is 6.57. The van der Waals surface area contributed by atoms with Crippen LogP contribution in [-0.4, -0.2) is 78.1 Å². The summed E-state index contributed by atoms with van der Waals surface area (Å²) in [7, 11) is -7.29. The average Bonchev–Trinajstić information content (AvgIpc) is 2.54. The molecule has 0 saturated carbocycles. The van der Waals surface area contributed by atoms with Crippen LogP contribution in [0.4, 0.5) is 0 Å². The summed E-state index contributed by atoms with van der Waals surface area (Å²) in [5.41, 5.74) is 0.486. The van der Waals surface area contributed by atoms with Gasteiger partial charge in [-0.05, 0) is 24.6 Å². The van der Waals surface area contributed by atoms with E-state index in [1.54, 1.807) is 11.8 Å². The molecule has 26 heavy (non-hydrogen) atoms. The van der Waals surface area contributed by atoms with Gasteiger partial charge in [0, 0.05) is 52.4 Å². The Bertz CT molecular complexity index is 873. The van der Waals surface area contributed by atoms with E-state index in [4.69, 9.17) is 0 Å². The van der Waals surface area contributed by atoms with Gasteiger partial charge in [0.1, 0.15) is 0 Å². The summed E-state index contributed by atoms with van der Waals surface area (Å²) < 4.78 is 50.9. The van der Waals surface area contributed by atoms with Crippen LogP contribution in [0, 0.1) is 6.92 Å². The molecule has 8 nitrogen and oxygen atoms in total. The quantitative estimate of drug-likeness (QED) is 0.708. The molecule has 1 aromatic rings. The lowest BCUT2D eigenvalue weighted by molar-refractivity contribution is -0.130. The Labute approximate surface area is 155 Å². The predicted molar refractivity (Wildman–Crippen MR) is 98.2 cm³/mol. The number of carbonyl (C=O) groups is 1. The fourth-order valence-corrected chi connectivity index (χ4v) is 4.81. The van der Waals surface area contributed by atoms with Crippen LogP contribution in [0.1, 0.15) is 12.5 Å². The molecular weight excluding hydrogens is 378 g/mol. The van der Waals surface area contributed by atoms with Crippen molar-refractivity contribution in [2.45, 2.75) is 23.6 Å². The third kappa shape index (κ3) is 5.26. The molecule has 0 spiro atoms. The second-order valence-corrected chi connectivity index (χ2v) is 10.2. The zero-order chi connectivity index (χ0) is 19.5. The summed E-state index contributed by atoms with van der Waals surface area (Å²) in [5.74, 6) is 0.0478. The minimum absolute atomic E-state index is 0.0242. The maximum Gasteiger partial charge on any atom is 0.240 e. The molecule has 1 aliphatic rings. The van der Waals surface area contributed by atoms with Crippen LogP contribution in [-0.2, 0) is 24.7 Å². The number of sulfonamides is 1. The summed E-state index contributed by atoms with van der Waals surface area (Å²) in [6, 6.07) is 4.09. The van der Waals surface area contributed by atoms with E-state index in [9.17, 15) is 21.6 Å². The van der Waals surface area contributed by atoms with E-state index in [1.165, 1.54) is 25.1 Å². The lowest BCUT2D eigenvalue weighted by Crippen LogP contribution is -2.49. The van der Waals surface area contributed by atoms with Gasteiger partial charge in [-0.1, -0.05) is 6.07 Å². The Morgan fingerprint density at radius 1 is 1.12 bits per heavy atom. The number of hydrogen-bond donors (Lipinski definition) is 1. The van der Waals surface area contributed by atoms with Crippen molar-refractivity contribution in [3.63, 3.8) is 0 Å². The minimum atomic E-state index is -3.80. The molecule has 2 rings (SSSR count). The third-order valence-corrected chi connectivity index (χ3v) is 7.13. The van der Waals surface area contributed by atoms with E-state index >= 15 is 0 Å². The molecule has 0 radical (unpaired) electrons. The van der Waals surface area contributed by atoms with Crippen molar-refractivity contribution in [1.82, 2.24) is 14.5 Å². The van der Waals surface area contributed by atoms with Crippen molar-refractivity contribution >= 4 is 25.8 Å². The van der Waals surface area contributed by atoms with E-state index < -0.39 is 19.9 Å². The van der Waals surface area contributed by atoms with E-state index in [-0.39, 0.29) is 22.2 Å². The van der Waals surface area contributed by atoms with Crippen molar-refractivity contribution in [3.8, 4) is 0 Å². The van der Waals surface area contributed by atoms with Crippen molar-refractivity contribution in [2.75, 3.05) is 45.5 Å². The van der Waals surface area contributed by atoms with Crippen LogP contribution in [0.5, 0.6) is 0 Å². The van der Waals surface area contributed by atoms with Crippen molar-refractivity contribution < 1.29 is 21.6 Å². The van der Waals surface area contributed by atoms with Gasteiger partial charge in [-0.2, -0.15) is 0 Å². The van der Waals surface area contributed by atoms with E-state index in [1.807, 2.05) is 0 Å². The lowest BCUT2D eigenvalue weighted by Gasteiger charge is -2.34. The standard InChI is InChI=1S/C16H25N3O5S2/c1-13-4-5-15(25(3,21)22)12-16(13)26(23,24)17-6-7-18-8-10-19(11-9-18)14(2)20/h4-5,12,17H,6-11H2,1-3H3. The highest BCUT2D eigenvalue weighted by atomic mass is 32.2. The van der Waals surface area contributed by atoms with Gasteiger partial charge in [-0.15, -0.1) is 0 Å². The number of nitrogens with one attached hydrogen (secondary N) is 1. The van der Waals surface area contributed by atoms with Crippen molar-refractivity contribution in [3.05, 3.63) is 23.8 Å². The number of hydrogen-bond acceptors (Lipinski definition) is 6. The smallest absolute Gasteiger partial charge is 0.240 e. The van der Waals surface area contributed by atoms with E-state index in [2.05, 4.69) is 9.62 Å². The summed E-state index contributed by atoms with van der Waals surface area (Å²) in [5, 5.41) is 0. The molecule has 1 fully saturated rings. The molecule has 0 unspecified atom stereocenters. The van der Waals surface area contributed by atoms with E-state index in [0.717, 1.165) is 6.26 Å². The van der Waals surface area contributed by atoms with Crippen LogP contribution in [0.3, 0.4) is 0 Å². The molecule has 1 N–H and O–H groups in total. The fourth-order valence-electron chi connectivity index (χ4n) is 2.80. The number of rotatable bonds is 6. The second-order valence-electron chi connectivity index (χ2n) is 6.44. The maximum absolute atomic E-state index is 12.5. The maximum atomic E-state index is 12.5. The molecule has 146 valence electrons. The van der Waals surface area contributed by atoms with Crippen molar-refractivity contribution in [1.29, 1.82) is 0 Å². The number of benzene rings is 1. The summed E-state index contributed by atoms with van der Waals surface area (Å²) in [4.78, 5) is 15.1. The number of carbonyl (C=O) groups excluding carboxylic acids is 1. The predicted octanol–water partition coefficient (Wildman–Crippen LogP) is -0.159. The number of piperazine rings is 1. The number of sulfone groups is 1. The van der Waals surface area contributed by atoms with Crippen LogP contribution in [0.15, 0.2) is 28.0 Å². The minimum Gasteiger partial charge on any atom is -0.340 e. The highest BCUT2D eigenvalue weighted by Crippen LogP contribution is 2.20. The first-order valence-corrected chi connectivity index (χ1v) is 11.7. The molecule has 1 heterocycles. The SMILES string of the molecule is CC(=O)N1CCN(CCNS(=O)(=O)c2cc(S(C)(=O)=O)ccc2C)CC1. The molecule has 1 amide bonds. The molecule has 0 atom stereocenters. The Morgan fingerprint density at radius 3 is 2.27 bits per heavy atom. The van der Waals surface area contributed by atoms with Gasteiger partial charge in [0.05, 0.1) is 9.79 Å². The van der Waals surface area contributed by atoms with Gasteiger partial charge in [0.2, 0.25) is 15.9 Å². The lowest BCUT2D eigenvalue weighted by atomic mass is 10.2. The monoisotopic (exact) mass is 403 g/mol. The van der Waals surface area contributed by atoms with Crippen LogP contribution < -0.4 is 4.72 Å². The van der Waals surface area contributed by atoms with Crippen molar-refractivity contribution in [2.24, 2.45) is 0 Å². The number of nitrogens with zero attached hydrogens (tertiary/aromatic N) is 2. The molecule has 0 bridgehead atoms. The molecule has 1 aromatic carbocycles. The Balaban J connectivity index is 1.99. The number of amides is 1. The van der Waals surface area contributed by atoms with Gasteiger partial charge in [0.25, 0.3) is 0 Å². The first kappa shape index (κ1) is 20.8.